The first kappa shape index (κ1) is 19.7. The van der Waals surface area contributed by atoms with E-state index in [9.17, 15) is 14.4 Å². The summed E-state index contributed by atoms with van der Waals surface area (Å²) in [6.07, 6.45) is 2.44. The molecule has 1 atom stereocenters. The van der Waals surface area contributed by atoms with E-state index < -0.39 is 0 Å². The van der Waals surface area contributed by atoms with E-state index in [-0.39, 0.29) is 23.6 Å². The summed E-state index contributed by atoms with van der Waals surface area (Å²) < 4.78 is 0. The Bertz CT molecular complexity index is 724. The van der Waals surface area contributed by atoms with Crippen LogP contribution in [0.3, 0.4) is 0 Å². The van der Waals surface area contributed by atoms with Crippen molar-refractivity contribution in [2.45, 2.75) is 26.2 Å². The van der Waals surface area contributed by atoms with Crippen LogP contribution in [0.1, 0.15) is 36.5 Å². The number of carbonyl (C=O) groups is 3. The Morgan fingerprint density at radius 1 is 0.963 bits per heavy atom. The van der Waals surface area contributed by atoms with Gasteiger partial charge in [0.25, 0.3) is 5.91 Å². The van der Waals surface area contributed by atoms with E-state index in [1.807, 2.05) is 4.90 Å². The van der Waals surface area contributed by atoms with Crippen LogP contribution in [0.15, 0.2) is 24.3 Å². The molecular formula is C20H26ClN3O3. The zero-order valence-corrected chi connectivity index (χ0v) is 16.5. The highest BCUT2D eigenvalue weighted by Gasteiger charge is 2.31. The Hall–Kier alpha value is -2.08. The maximum absolute atomic E-state index is 12.9. The third kappa shape index (κ3) is 4.80. The fourth-order valence-corrected chi connectivity index (χ4v) is 4.06. The van der Waals surface area contributed by atoms with Crippen LogP contribution in [0.5, 0.6) is 0 Å². The first-order valence-corrected chi connectivity index (χ1v) is 9.92. The Balaban J connectivity index is 1.60. The quantitative estimate of drug-likeness (QED) is 0.777. The second-order valence-corrected chi connectivity index (χ2v) is 7.72. The Morgan fingerprint density at radius 2 is 1.67 bits per heavy atom. The van der Waals surface area contributed by atoms with Gasteiger partial charge in [0.15, 0.2) is 0 Å². The molecular weight excluding hydrogens is 366 g/mol. The molecule has 3 rings (SSSR count). The lowest BCUT2D eigenvalue weighted by molar-refractivity contribution is -0.140. The van der Waals surface area contributed by atoms with Gasteiger partial charge in [-0.05, 0) is 37.5 Å². The maximum atomic E-state index is 12.9. The number of nitrogens with zero attached hydrogens (tertiary/aromatic N) is 3. The molecule has 0 N–H and O–H groups in total. The van der Waals surface area contributed by atoms with Crippen molar-refractivity contribution < 1.29 is 14.4 Å². The highest BCUT2D eigenvalue weighted by molar-refractivity contribution is 6.30. The molecule has 146 valence electrons. The summed E-state index contributed by atoms with van der Waals surface area (Å²) in [6.45, 7) is 5.12. The summed E-state index contributed by atoms with van der Waals surface area (Å²) in [4.78, 5) is 42.7. The van der Waals surface area contributed by atoms with Crippen LogP contribution in [0.2, 0.25) is 5.02 Å². The van der Waals surface area contributed by atoms with Gasteiger partial charge in [-0.3, -0.25) is 14.4 Å². The second-order valence-electron chi connectivity index (χ2n) is 7.29. The molecule has 0 bridgehead atoms. The van der Waals surface area contributed by atoms with E-state index in [0.717, 1.165) is 25.8 Å². The molecule has 1 aromatic rings. The minimum Gasteiger partial charge on any atom is -0.342 e. The first-order chi connectivity index (χ1) is 13.0. The van der Waals surface area contributed by atoms with Crippen LogP contribution in [0.25, 0.3) is 0 Å². The number of amides is 3. The lowest BCUT2D eigenvalue weighted by Crippen LogP contribution is -2.47. The van der Waals surface area contributed by atoms with Crippen molar-refractivity contribution in [2.75, 3.05) is 39.3 Å². The van der Waals surface area contributed by atoms with Crippen molar-refractivity contribution in [3.05, 3.63) is 34.9 Å². The largest absolute Gasteiger partial charge is 0.342 e. The molecule has 27 heavy (non-hydrogen) atoms. The molecule has 2 saturated heterocycles. The number of likely N-dealkylation sites (tertiary alicyclic amines) is 1. The van der Waals surface area contributed by atoms with Crippen LogP contribution in [0.4, 0.5) is 0 Å². The maximum Gasteiger partial charge on any atom is 0.253 e. The van der Waals surface area contributed by atoms with Crippen molar-refractivity contribution in [1.29, 1.82) is 0 Å². The van der Waals surface area contributed by atoms with Crippen LogP contribution >= 0.6 is 11.6 Å². The molecule has 0 aromatic heterocycles. The van der Waals surface area contributed by atoms with Crippen molar-refractivity contribution in [3.63, 3.8) is 0 Å². The molecule has 1 unspecified atom stereocenters. The van der Waals surface area contributed by atoms with E-state index in [1.54, 1.807) is 41.0 Å². The van der Waals surface area contributed by atoms with Gasteiger partial charge in [-0.25, -0.2) is 0 Å². The first-order valence-electron chi connectivity index (χ1n) is 9.55. The standard InChI is InChI=1S/C20H26ClN3O3/c1-15(25)24-8-3-6-17(14-24)20(27)23-10-4-9-22(11-12-23)19(26)16-5-2-7-18(21)13-16/h2,5,7,13,17H,3-4,6,8-12,14H2,1H3. The SMILES string of the molecule is CC(=O)N1CCCC(C(=O)N2CCCN(C(=O)c3cccc(Cl)c3)CC2)C1. The van der Waals surface area contributed by atoms with Crippen LogP contribution in [-0.2, 0) is 9.59 Å². The number of piperidine rings is 1. The number of rotatable bonds is 2. The molecule has 2 heterocycles. The minimum absolute atomic E-state index is 0.0293. The van der Waals surface area contributed by atoms with Gasteiger partial charge >= 0.3 is 0 Å². The molecule has 3 amide bonds. The van der Waals surface area contributed by atoms with Crippen molar-refractivity contribution in [1.82, 2.24) is 14.7 Å². The van der Waals surface area contributed by atoms with E-state index >= 15 is 0 Å². The lowest BCUT2D eigenvalue weighted by Gasteiger charge is -2.34. The number of hydrogen-bond donors (Lipinski definition) is 0. The van der Waals surface area contributed by atoms with Gasteiger partial charge in [0.1, 0.15) is 0 Å². The molecule has 0 radical (unpaired) electrons. The van der Waals surface area contributed by atoms with Gasteiger partial charge < -0.3 is 14.7 Å². The third-order valence-electron chi connectivity index (χ3n) is 5.38. The lowest BCUT2D eigenvalue weighted by atomic mass is 9.96. The van der Waals surface area contributed by atoms with Gasteiger partial charge in [-0.15, -0.1) is 0 Å². The average Bonchev–Trinajstić information content (AvgIpc) is 2.93. The van der Waals surface area contributed by atoms with Crippen molar-refractivity contribution >= 4 is 29.3 Å². The Kier molecular flexibility index (Phi) is 6.37. The van der Waals surface area contributed by atoms with E-state index in [1.165, 1.54) is 0 Å². The van der Waals surface area contributed by atoms with Gasteiger partial charge in [-0.1, -0.05) is 17.7 Å². The van der Waals surface area contributed by atoms with Crippen molar-refractivity contribution in [2.24, 2.45) is 5.92 Å². The molecule has 6 nitrogen and oxygen atoms in total. The molecule has 2 aliphatic heterocycles. The van der Waals surface area contributed by atoms with E-state index in [0.29, 0.717) is 43.3 Å². The monoisotopic (exact) mass is 391 g/mol. The van der Waals surface area contributed by atoms with Crippen LogP contribution < -0.4 is 0 Å². The van der Waals surface area contributed by atoms with Gasteiger partial charge in [-0.2, -0.15) is 0 Å². The topological polar surface area (TPSA) is 60.9 Å². The Labute approximate surface area is 165 Å². The molecule has 0 spiro atoms. The van der Waals surface area contributed by atoms with Crippen LogP contribution in [-0.4, -0.2) is 71.7 Å². The molecule has 1 aromatic carbocycles. The zero-order chi connectivity index (χ0) is 19.4. The number of carbonyl (C=O) groups excluding carboxylic acids is 3. The summed E-state index contributed by atoms with van der Waals surface area (Å²) in [7, 11) is 0. The summed E-state index contributed by atoms with van der Waals surface area (Å²) in [5.41, 5.74) is 0.576. The highest BCUT2D eigenvalue weighted by Crippen LogP contribution is 2.20. The average molecular weight is 392 g/mol. The third-order valence-corrected chi connectivity index (χ3v) is 5.62. The fraction of sp³-hybridized carbons (Fsp3) is 0.550. The summed E-state index contributed by atoms with van der Waals surface area (Å²) >= 11 is 5.99. The highest BCUT2D eigenvalue weighted by atomic mass is 35.5. The molecule has 0 aliphatic carbocycles. The van der Waals surface area contributed by atoms with Crippen LogP contribution in [0, 0.1) is 5.92 Å². The van der Waals surface area contributed by atoms with Gasteiger partial charge in [0.2, 0.25) is 11.8 Å². The van der Waals surface area contributed by atoms with Crippen molar-refractivity contribution in [3.8, 4) is 0 Å². The molecule has 2 aliphatic rings. The summed E-state index contributed by atoms with van der Waals surface area (Å²) in [6, 6.07) is 6.96. The predicted octanol–water partition coefficient (Wildman–Crippen LogP) is 2.27. The molecule has 0 saturated carbocycles. The zero-order valence-electron chi connectivity index (χ0n) is 15.7. The summed E-state index contributed by atoms with van der Waals surface area (Å²) in [5.74, 6) is -0.0373. The second kappa shape index (κ2) is 8.74. The summed E-state index contributed by atoms with van der Waals surface area (Å²) in [5, 5.41) is 0.541. The van der Waals surface area contributed by atoms with E-state index in [2.05, 4.69) is 0 Å². The van der Waals surface area contributed by atoms with Gasteiger partial charge in [0, 0.05) is 56.8 Å². The predicted molar refractivity (Wildman–Crippen MR) is 104 cm³/mol. The van der Waals surface area contributed by atoms with E-state index in [4.69, 9.17) is 11.6 Å². The number of hydrogen-bond acceptors (Lipinski definition) is 3. The molecule has 7 heteroatoms. The van der Waals surface area contributed by atoms with Gasteiger partial charge in [0.05, 0.1) is 5.92 Å². The minimum atomic E-state index is -0.127. The molecule has 2 fully saturated rings. The smallest absolute Gasteiger partial charge is 0.253 e. The fourth-order valence-electron chi connectivity index (χ4n) is 3.87. The number of halogens is 1. The Morgan fingerprint density at radius 3 is 2.41 bits per heavy atom. The number of benzene rings is 1. The normalized spacial score (nSPS) is 21.0.